The number of aliphatic hydroxyl groups is 1. The minimum Gasteiger partial charge on any atom is -0.464 e. The Balaban J connectivity index is 2.57. The third-order valence-electron chi connectivity index (χ3n) is 3.27. The average molecular weight is 216 g/mol. The first-order valence-corrected chi connectivity index (χ1v) is 5.50. The third-order valence-corrected chi connectivity index (χ3v) is 3.27. The second kappa shape index (κ2) is 4.94. The van der Waals surface area contributed by atoms with Gasteiger partial charge >= 0.3 is 5.97 Å². The zero-order valence-electron chi connectivity index (χ0n) is 9.66. The number of carbonyl (C=O) groups is 1. The van der Waals surface area contributed by atoms with Crippen LogP contribution in [-0.4, -0.2) is 36.5 Å². The highest BCUT2D eigenvalue weighted by Crippen LogP contribution is 2.40. The van der Waals surface area contributed by atoms with E-state index in [4.69, 9.17) is 9.47 Å². The Labute approximate surface area is 90.6 Å². The summed E-state index contributed by atoms with van der Waals surface area (Å²) in [5.74, 6) is -0.515. The van der Waals surface area contributed by atoms with Crippen LogP contribution in [0, 0.1) is 5.92 Å². The van der Waals surface area contributed by atoms with E-state index in [0.29, 0.717) is 13.0 Å². The second-order valence-electron chi connectivity index (χ2n) is 4.02. The molecular formula is C11H20O4. The molecule has 1 N–H and O–H groups in total. The van der Waals surface area contributed by atoms with Crippen molar-refractivity contribution in [3.8, 4) is 0 Å². The minimum absolute atomic E-state index is 0.0218. The number of rotatable bonds is 5. The molecule has 1 aliphatic carbocycles. The summed E-state index contributed by atoms with van der Waals surface area (Å²) in [6, 6.07) is 0. The van der Waals surface area contributed by atoms with Crippen molar-refractivity contribution in [1.82, 2.24) is 0 Å². The highest BCUT2D eigenvalue weighted by molar-refractivity contribution is 5.79. The topological polar surface area (TPSA) is 55.8 Å². The van der Waals surface area contributed by atoms with Crippen LogP contribution in [0.1, 0.15) is 33.1 Å². The highest BCUT2D eigenvalue weighted by Gasteiger charge is 2.49. The Bertz CT molecular complexity index is 223. The molecule has 15 heavy (non-hydrogen) atoms. The predicted molar refractivity (Wildman–Crippen MR) is 55.4 cm³/mol. The van der Waals surface area contributed by atoms with Gasteiger partial charge in [0.2, 0.25) is 0 Å². The molecule has 0 radical (unpaired) electrons. The fourth-order valence-corrected chi connectivity index (χ4v) is 2.00. The van der Waals surface area contributed by atoms with Crippen molar-refractivity contribution >= 4 is 5.97 Å². The lowest BCUT2D eigenvalue weighted by molar-refractivity contribution is -0.183. The number of esters is 1. The van der Waals surface area contributed by atoms with Gasteiger partial charge < -0.3 is 14.6 Å². The highest BCUT2D eigenvalue weighted by atomic mass is 16.5. The van der Waals surface area contributed by atoms with Gasteiger partial charge in [-0.2, -0.15) is 0 Å². The maximum atomic E-state index is 11.6. The molecule has 4 nitrogen and oxygen atoms in total. The summed E-state index contributed by atoms with van der Waals surface area (Å²) in [5.41, 5.74) is -1.31. The van der Waals surface area contributed by atoms with E-state index < -0.39 is 11.6 Å². The fourth-order valence-electron chi connectivity index (χ4n) is 2.00. The smallest absolute Gasteiger partial charge is 0.338 e. The molecule has 1 saturated carbocycles. The molecule has 0 spiro atoms. The zero-order chi connectivity index (χ0) is 11.5. The molecule has 1 aliphatic rings. The fraction of sp³-hybridized carbons (Fsp3) is 0.909. The molecule has 0 saturated heterocycles. The molecular weight excluding hydrogens is 196 g/mol. The Morgan fingerprint density at radius 1 is 1.47 bits per heavy atom. The Hall–Kier alpha value is -0.610. The van der Waals surface area contributed by atoms with E-state index in [0.717, 1.165) is 12.8 Å². The lowest BCUT2D eigenvalue weighted by Gasteiger charge is -2.43. The average Bonchev–Trinajstić information content (AvgIpc) is 2.16. The molecule has 1 rings (SSSR count). The summed E-state index contributed by atoms with van der Waals surface area (Å²) in [7, 11) is 1.65. The largest absolute Gasteiger partial charge is 0.464 e. The van der Waals surface area contributed by atoms with Gasteiger partial charge in [0.25, 0.3) is 0 Å². The van der Waals surface area contributed by atoms with Crippen molar-refractivity contribution in [2.45, 2.75) is 44.8 Å². The molecule has 0 heterocycles. The molecule has 88 valence electrons. The molecule has 0 aromatic heterocycles. The van der Waals surface area contributed by atoms with Gasteiger partial charge in [0.05, 0.1) is 12.7 Å². The molecule has 1 fully saturated rings. The first kappa shape index (κ1) is 12.5. The lowest BCUT2D eigenvalue weighted by atomic mass is 9.70. The summed E-state index contributed by atoms with van der Waals surface area (Å²) in [4.78, 5) is 11.6. The number of hydrogen-bond acceptors (Lipinski definition) is 4. The van der Waals surface area contributed by atoms with Crippen molar-refractivity contribution in [2.75, 3.05) is 13.7 Å². The van der Waals surface area contributed by atoms with Crippen LogP contribution in [0.25, 0.3) is 0 Å². The zero-order valence-corrected chi connectivity index (χ0v) is 9.66. The van der Waals surface area contributed by atoms with Gasteiger partial charge in [-0.1, -0.05) is 6.92 Å². The van der Waals surface area contributed by atoms with Crippen LogP contribution in [-0.2, 0) is 14.3 Å². The quantitative estimate of drug-likeness (QED) is 0.700. The summed E-state index contributed by atoms with van der Waals surface area (Å²) >= 11 is 0. The van der Waals surface area contributed by atoms with E-state index >= 15 is 0 Å². The van der Waals surface area contributed by atoms with Crippen molar-refractivity contribution in [3.05, 3.63) is 0 Å². The second-order valence-corrected chi connectivity index (χ2v) is 4.02. The van der Waals surface area contributed by atoms with Crippen molar-refractivity contribution in [2.24, 2.45) is 5.92 Å². The SMILES string of the molecule is CCOC(=O)C(O)(CC)C1CC(OC)C1. The Kier molecular flexibility index (Phi) is 4.11. The Morgan fingerprint density at radius 3 is 2.47 bits per heavy atom. The van der Waals surface area contributed by atoms with Crippen LogP contribution in [0.5, 0.6) is 0 Å². The summed E-state index contributed by atoms with van der Waals surface area (Å²) in [6.45, 7) is 3.85. The van der Waals surface area contributed by atoms with Crippen LogP contribution < -0.4 is 0 Å². The van der Waals surface area contributed by atoms with E-state index in [1.807, 2.05) is 0 Å². The Morgan fingerprint density at radius 2 is 2.07 bits per heavy atom. The molecule has 1 atom stereocenters. The van der Waals surface area contributed by atoms with E-state index in [1.165, 1.54) is 0 Å². The molecule has 0 aromatic rings. The summed E-state index contributed by atoms with van der Waals surface area (Å²) in [5, 5.41) is 10.2. The monoisotopic (exact) mass is 216 g/mol. The van der Waals surface area contributed by atoms with Gasteiger partial charge in [0.1, 0.15) is 0 Å². The van der Waals surface area contributed by atoms with Gasteiger partial charge in [-0.3, -0.25) is 0 Å². The van der Waals surface area contributed by atoms with Crippen LogP contribution in [0.3, 0.4) is 0 Å². The van der Waals surface area contributed by atoms with Gasteiger partial charge in [0.15, 0.2) is 5.60 Å². The number of methoxy groups -OCH3 is 1. The van der Waals surface area contributed by atoms with Crippen molar-refractivity contribution < 1.29 is 19.4 Å². The normalized spacial score (nSPS) is 29.1. The number of ether oxygens (including phenoxy) is 2. The van der Waals surface area contributed by atoms with E-state index in [9.17, 15) is 9.90 Å². The van der Waals surface area contributed by atoms with Crippen LogP contribution >= 0.6 is 0 Å². The van der Waals surface area contributed by atoms with Crippen LogP contribution in [0.2, 0.25) is 0 Å². The molecule has 0 bridgehead atoms. The summed E-state index contributed by atoms with van der Waals surface area (Å²) in [6.07, 6.45) is 2.05. The minimum atomic E-state index is -1.31. The maximum absolute atomic E-state index is 11.6. The summed E-state index contributed by atoms with van der Waals surface area (Å²) < 4.78 is 10.0. The van der Waals surface area contributed by atoms with Crippen molar-refractivity contribution in [1.29, 1.82) is 0 Å². The third kappa shape index (κ3) is 2.32. The molecule has 0 aliphatic heterocycles. The van der Waals surface area contributed by atoms with E-state index in [-0.39, 0.29) is 12.0 Å². The molecule has 4 heteroatoms. The van der Waals surface area contributed by atoms with Gasteiger partial charge in [-0.05, 0) is 26.2 Å². The first-order valence-electron chi connectivity index (χ1n) is 5.50. The lowest BCUT2D eigenvalue weighted by Crippen LogP contribution is -2.53. The number of carbonyl (C=O) groups excluding carboxylic acids is 1. The van der Waals surface area contributed by atoms with Crippen LogP contribution in [0.4, 0.5) is 0 Å². The van der Waals surface area contributed by atoms with Crippen LogP contribution in [0.15, 0.2) is 0 Å². The molecule has 1 unspecified atom stereocenters. The van der Waals surface area contributed by atoms with Gasteiger partial charge in [-0.25, -0.2) is 4.79 Å². The standard InChI is InChI=1S/C11H20O4/c1-4-11(13,10(12)15-5-2)8-6-9(7-8)14-3/h8-9,13H,4-7H2,1-3H3. The molecule has 0 amide bonds. The first-order chi connectivity index (χ1) is 7.08. The maximum Gasteiger partial charge on any atom is 0.338 e. The number of hydrogen-bond donors (Lipinski definition) is 1. The van der Waals surface area contributed by atoms with Crippen molar-refractivity contribution in [3.63, 3.8) is 0 Å². The van der Waals surface area contributed by atoms with Gasteiger partial charge in [0, 0.05) is 13.0 Å². The predicted octanol–water partition coefficient (Wildman–Crippen LogP) is 1.12. The van der Waals surface area contributed by atoms with E-state index in [2.05, 4.69) is 0 Å². The molecule has 0 aromatic carbocycles. The van der Waals surface area contributed by atoms with Gasteiger partial charge in [-0.15, -0.1) is 0 Å². The van der Waals surface area contributed by atoms with E-state index in [1.54, 1.807) is 21.0 Å².